The molecule has 3 aliphatic rings. The fourth-order valence-electron chi connectivity index (χ4n) is 9.71. The minimum Gasteiger partial charge on any atom is -0.459 e. The Morgan fingerprint density at radius 2 is 1.71 bits per heavy atom. The molecule has 0 saturated heterocycles. The zero-order valence-corrected chi connectivity index (χ0v) is 35.5. The number of non-ortho nitro benzene ring substituents is 1. The Kier molecular flexibility index (Phi) is 14.6. The van der Waals surface area contributed by atoms with Gasteiger partial charge in [-0.3, -0.25) is 15.0 Å². The van der Waals surface area contributed by atoms with E-state index in [0.717, 1.165) is 47.6 Å². The maximum absolute atomic E-state index is 13.9. The first kappa shape index (κ1) is 44.3. The van der Waals surface area contributed by atoms with Crippen LogP contribution in [0.4, 0.5) is 10.5 Å². The van der Waals surface area contributed by atoms with Crippen molar-refractivity contribution in [3.05, 3.63) is 130 Å². The van der Waals surface area contributed by atoms with Gasteiger partial charge in [-0.25, -0.2) is 4.79 Å². The summed E-state index contributed by atoms with van der Waals surface area (Å²) >= 11 is 0. The lowest BCUT2D eigenvalue weighted by atomic mass is 9.55. The number of benzene rings is 4. The minimum atomic E-state index is -1.43. The highest BCUT2D eigenvalue weighted by molar-refractivity contribution is 6.03. The molecule has 4 aromatic rings. The van der Waals surface area contributed by atoms with Gasteiger partial charge in [0.05, 0.1) is 30.3 Å². The van der Waals surface area contributed by atoms with Crippen molar-refractivity contribution >= 4 is 28.3 Å². The lowest BCUT2D eigenvalue weighted by molar-refractivity contribution is -0.384. The summed E-state index contributed by atoms with van der Waals surface area (Å²) in [5.74, 6) is -0.172. The minimum absolute atomic E-state index is 0.0209. The third-order valence-electron chi connectivity index (χ3n) is 12.4. The van der Waals surface area contributed by atoms with Crippen LogP contribution in [0.1, 0.15) is 75.3 Å². The molecule has 62 heavy (non-hydrogen) atoms. The number of carbonyl (C=O) groups is 1. The van der Waals surface area contributed by atoms with Crippen LogP contribution < -0.4 is 9.47 Å². The number of nitro groups is 1. The van der Waals surface area contributed by atoms with Gasteiger partial charge in [-0.1, -0.05) is 67.4 Å². The molecule has 0 radical (unpaired) electrons. The Morgan fingerprint density at radius 3 is 2.42 bits per heavy atom. The van der Waals surface area contributed by atoms with E-state index in [2.05, 4.69) is 30.9 Å². The number of nitrogens with zero attached hydrogens (tertiary/aromatic N) is 3. The quantitative estimate of drug-likeness (QED) is 0.0379. The van der Waals surface area contributed by atoms with Crippen molar-refractivity contribution in [3.8, 4) is 17.2 Å². The normalized spacial score (nSPS) is 23.1. The third-order valence-corrected chi connectivity index (χ3v) is 12.4. The Hall–Kier alpha value is -5.76. The highest BCUT2D eigenvalue weighted by atomic mass is 16.7. The van der Waals surface area contributed by atoms with E-state index in [9.17, 15) is 25.1 Å². The first-order valence-corrected chi connectivity index (χ1v) is 21.7. The van der Waals surface area contributed by atoms with Crippen LogP contribution in [0, 0.1) is 27.9 Å². The topological polar surface area (TPSA) is 162 Å². The molecule has 2 aliphatic carbocycles. The van der Waals surface area contributed by atoms with Gasteiger partial charge in [-0.2, -0.15) is 0 Å². The second-order valence-corrected chi connectivity index (χ2v) is 16.2. The van der Waals surface area contributed by atoms with Gasteiger partial charge < -0.3 is 34.0 Å². The van der Waals surface area contributed by atoms with Gasteiger partial charge in [0, 0.05) is 49.8 Å². The number of oxime groups is 1. The van der Waals surface area contributed by atoms with E-state index in [0.29, 0.717) is 54.3 Å². The van der Waals surface area contributed by atoms with Crippen LogP contribution in [0.3, 0.4) is 0 Å². The number of carbonyl (C=O) groups excluding carboxylic acids is 1. The molecule has 1 fully saturated rings. The zero-order valence-electron chi connectivity index (χ0n) is 35.5. The molecule has 1 amide bonds. The number of nitro benzene ring substituents is 1. The number of aliphatic hydroxyl groups is 2. The van der Waals surface area contributed by atoms with E-state index in [1.54, 1.807) is 23.1 Å². The first-order valence-electron chi connectivity index (χ1n) is 21.7. The van der Waals surface area contributed by atoms with E-state index in [1.807, 2.05) is 49.4 Å². The summed E-state index contributed by atoms with van der Waals surface area (Å²) in [6, 6.07) is 25.5. The van der Waals surface area contributed by atoms with E-state index in [-0.39, 0.29) is 56.3 Å². The number of methoxy groups -OCH3 is 1. The molecule has 13 nitrogen and oxygen atoms in total. The molecular formula is C49H57N3O10. The lowest BCUT2D eigenvalue weighted by Crippen LogP contribution is -2.70. The summed E-state index contributed by atoms with van der Waals surface area (Å²) < 4.78 is 26.3. The molecule has 7 rings (SSSR count). The number of hydrogen-bond donors (Lipinski definition) is 2. The fraction of sp³-hybridized carbons (Fsp3) is 0.429. The van der Waals surface area contributed by atoms with Gasteiger partial charge >= 0.3 is 6.09 Å². The van der Waals surface area contributed by atoms with Gasteiger partial charge in [0.2, 0.25) is 5.79 Å². The van der Waals surface area contributed by atoms with Crippen molar-refractivity contribution < 1.29 is 43.7 Å². The molecule has 1 saturated carbocycles. The van der Waals surface area contributed by atoms with Crippen LogP contribution in [0.25, 0.3) is 10.8 Å². The fourth-order valence-corrected chi connectivity index (χ4v) is 9.71. The van der Waals surface area contributed by atoms with Crippen molar-refractivity contribution in [1.29, 1.82) is 0 Å². The number of amides is 1. The van der Waals surface area contributed by atoms with Crippen molar-refractivity contribution in [2.45, 2.75) is 82.6 Å². The summed E-state index contributed by atoms with van der Waals surface area (Å²) in [7, 11) is 1.37. The monoisotopic (exact) mass is 847 g/mol. The average molecular weight is 848 g/mol. The van der Waals surface area contributed by atoms with Crippen LogP contribution >= 0.6 is 0 Å². The Bertz CT molecular complexity index is 2260. The largest absolute Gasteiger partial charge is 0.459 e. The van der Waals surface area contributed by atoms with Gasteiger partial charge in [-0.15, -0.1) is 6.58 Å². The molecule has 2 N–H and O–H groups in total. The Morgan fingerprint density at radius 1 is 0.984 bits per heavy atom. The van der Waals surface area contributed by atoms with Crippen molar-refractivity contribution in [1.82, 2.24) is 4.90 Å². The predicted octanol–water partition coefficient (Wildman–Crippen LogP) is 9.85. The highest BCUT2D eigenvalue weighted by Gasteiger charge is 2.65. The summed E-state index contributed by atoms with van der Waals surface area (Å²) in [6.45, 7) is 6.69. The molecule has 6 atom stereocenters. The molecule has 4 aromatic carbocycles. The number of allylic oxidation sites excluding steroid dienone is 1. The summed E-state index contributed by atoms with van der Waals surface area (Å²) in [6.07, 6.45) is 8.72. The molecule has 0 aromatic heterocycles. The van der Waals surface area contributed by atoms with Crippen molar-refractivity contribution in [2.24, 2.45) is 22.9 Å². The second kappa shape index (κ2) is 20.4. The summed E-state index contributed by atoms with van der Waals surface area (Å²) in [5, 5.41) is 38.2. The van der Waals surface area contributed by atoms with Gasteiger partial charge in [-0.05, 0) is 108 Å². The molecular weight excluding hydrogens is 791 g/mol. The van der Waals surface area contributed by atoms with E-state index >= 15 is 0 Å². The van der Waals surface area contributed by atoms with E-state index in [4.69, 9.17) is 28.9 Å². The van der Waals surface area contributed by atoms with E-state index in [1.165, 1.54) is 19.2 Å². The molecule has 1 aliphatic heterocycles. The summed E-state index contributed by atoms with van der Waals surface area (Å²) in [4.78, 5) is 32.5. The van der Waals surface area contributed by atoms with Gasteiger partial charge in [0.1, 0.15) is 29.9 Å². The van der Waals surface area contributed by atoms with Crippen LogP contribution in [0.2, 0.25) is 0 Å². The third kappa shape index (κ3) is 9.35. The number of rotatable bonds is 20. The number of unbranched alkanes of at least 4 members (excludes halogenated alkanes) is 2. The SMILES string of the molecule is C=CCOC12Oc3ccc(Oc4ccc5ccccc5c4)cc3C3C(CCCCO)C(CCCCO)C=C(C(=NOCc4ccc([N+](=O)[O-])cc4)CC1N(CCC)C(=O)OC)C32. The maximum Gasteiger partial charge on any atom is 0.409 e. The Balaban J connectivity index is 1.40. The second-order valence-electron chi connectivity index (χ2n) is 16.2. The molecule has 13 heteroatoms. The molecule has 6 unspecified atom stereocenters. The maximum atomic E-state index is 13.9. The number of aliphatic hydroxyl groups excluding tert-OH is 2. The van der Waals surface area contributed by atoms with Crippen LogP contribution in [0.5, 0.6) is 17.2 Å². The Labute approximate surface area is 362 Å². The molecule has 1 heterocycles. The van der Waals surface area contributed by atoms with Crippen molar-refractivity contribution in [2.75, 3.05) is 33.5 Å². The summed E-state index contributed by atoms with van der Waals surface area (Å²) in [5.41, 5.74) is 3.14. The number of hydrogen-bond acceptors (Lipinski definition) is 11. The van der Waals surface area contributed by atoms with Gasteiger partial charge in [0.15, 0.2) is 0 Å². The van der Waals surface area contributed by atoms with Crippen LogP contribution in [-0.2, 0) is 20.9 Å². The standard InChI is InChI=1S/C49H57N3O10/c1-4-24-51(48(55)58-3)45-31-43(50-60-32-33-16-19-37(20-17-33)52(56)57)41-29-36(14-8-10-25-53)40(15-9-11-26-54)46-42-30-39(61-38-21-18-34-12-6-7-13-35(34)28-38)22-23-44(42)62-49(45,47(41)46)59-27-5-2/h5-7,12-13,16-23,28-30,36,40,45-47,53-54H,2,4,8-11,14-15,24-27,31-32H2,1,3H3. The smallest absolute Gasteiger partial charge is 0.409 e. The zero-order chi connectivity index (χ0) is 43.6. The molecule has 328 valence electrons. The van der Waals surface area contributed by atoms with E-state index < -0.39 is 28.8 Å². The van der Waals surface area contributed by atoms with Gasteiger partial charge in [0.25, 0.3) is 5.69 Å². The van der Waals surface area contributed by atoms with Crippen LogP contribution in [-0.4, -0.2) is 77.1 Å². The lowest BCUT2D eigenvalue weighted by Gasteiger charge is -2.59. The highest BCUT2D eigenvalue weighted by Crippen LogP contribution is 2.62. The molecule has 0 bridgehead atoms. The molecule has 0 spiro atoms. The number of fused-ring (bicyclic) bond motifs is 3. The number of ether oxygens (including phenoxy) is 4. The predicted molar refractivity (Wildman–Crippen MR) is 236 cm³/mol. The first-order chi connectivity index (χ1) is 30.2. The average Bonchev–Trinajstić information content (AvgIpc) is 3.29. The van der Waals surface area contributed by atoms with Crippen molar-refractivity contribution in [3.63, 3.8) is 0 Å². The van der Waals surface area contributed by atoms with Crippen LogP contribution in [0.15, 0.2) is 114 Å².